The summed E-state index contributed by atoms with van der Waals surface area (Å²) in [6.45, 7) is 5.97. The molecule has 0 aliphatic rings. The molecule has 0 aromatic carbocycles. The number of anilines is 1. The average molecular weight is 260 g/mol. The molecule has 0 aliphatic carbocycles. The smallest absolute Gasteiger partial charge is 0.367 e. The van der Waals surface area contributed by atoms with E-state index in [1.807, 2.05) is 20.8 Å². The first-order valence-corrected chi connectivity index (χ1v) is 6.18. The number of rotatable bonds is 5. The summed E-state index contributed by atoms with van der Waals surface area (Å²) in [5.41, 5.74) is -0.706. The van der Waals surface area contributed by atoms with E-state index < -0.39 is 11.7 Å². The zero-order valence-electron chi connectivity index (χ0n) is 10.9. The standard InChI is InChI=1S/C13H19F3N2/c1-4-10(5-2)9(3)18-12-11(13(14,15)16)7-6-8-17-12/h6-10H,4-5H2,1-3H3,(H,17,18). The fraction of sp³-hybridized carbons (Fsp3) is 0.615. The molecule has 0 fully saturated rings. The molecule has 0 aliphatic heterocycles. The van der Waals surface area contributed by atoms with E-state index in [-0.39, 0.29) is 11.9 Å². The first-order valence-electron chi connectivity index (χ1n) is 6.18. The Morgan fingerprint density at radius 2 is 1.89 bits per heavy atom. The minimum absolute atomic E-state index is 0.0315. The highest BCUT2D eigenvalue weighted by Crippen LogP contribution is 2.34. The molecule has 0 amide bonds. The second-order valence-corrected chi connectivity index (χ2v) is 4.41. The van der Waals surface area contributed by atoms with E-state index in [0.717, 1.165) is 18.9 Å². The molecule has 1 aromatic rings. The van der Waals surface area contributed by atoms with Gasteiger partial charge in [0.2, 0.25) is 0 Å². The highest BCUT2D eigenvalue weighted by atomic mass is 19.4. The van der Waals surface area contributed by atoms with Gasteiger partial charge in [-0.1, -0.05) is 26.7 Å². The number of hydrogen-bond donors (Lipinski definition) is 1. The molecule has 0 saturated heterocycles. The van der Waals surface area contributed by atoms with Crippen LogP contribution in [0.1, 0.15) is 39.2 Å². The topological polar surface area (TPSA) is 24.9 Å². The van der Waals surface area contributed by atoms with E-state index in [9.17, 15) is 13.2 Å². The highest BCUT2D eigenvalue weighted by molar-refractivity contribution is 5.46. The van der Waals surface area contributed by atoms with E-state index in [2.05, 4.69) is 10.3 Å². The molecule has 1 atom stereocenters. The second kappa shape index (κ2) is 6.07. The molecular weight excluding hydrogens is 241 g/mol. The van der Waals surface area contributed by atoms with Crippen LogP contribution in [0.2, 0.25) is 0 Å². The van der Waals surface area contributed by atoms with Gasteiger partial charge < -0.3 is 5.32 Å². The van der Waals surface area contributed by atoms with E-state index in [0.29, 0.717) is 5.92 Å². The van der Waals surface area contributed by atoms with Crippen LogP contribution in [-0.2, 0) is 6.18 Å². The van der Waals surface area contributed by atoms with Gasteiger partial charge in [-0.3, -0.25) is 0 Å². The van der Waals surface area contributed by atoms with Crippen molar-refractivity contribution in [1.29, 1.82) is 0 Å². The van der Waals surface area contributed by atoms with E-state index >= 15 is 0 Å². The maximum Gasteiger partial charge on any atom is 0.419 e. The van der Waals surface area contributed by atoms with Gasteiger partial charge in [-0.2, -0.15) is 13.2 Å². The van der Waals surface area contributed by atoms with Crippen LogP contribution in [0.5, 0.6) is 0 Å². The summed E-state index contributed by atoms with van der Waals surface area (Å²) >= 11 is 0. The van der Waals surface area contributed by atoms with Crippen LogP contribution >= 0.6 is 0 Å². The predicted octanol–water partition coefficient (Wildman–Crippen LogP) is 4.34. The van der Waals surface area contributed by atoms with Crippen molar-refractivity contribution in [2.24, 2.45) is 5.92 Å². The Kier molecular flexibility index (Phi) is 4.99. The molecule has 0 spiro atoms. The summed E-state index contributed by atoms with van der Waals surface area (Å²) in [6, 6.07) is 2.32. The van der Waals surface area contributed by atoms with Crippen LogP contribution in [0, 0.1) is 5.92 Å². The largest absolute Gasteiger partial charge is 0.419 e. The summed E-state index contributed by atoms with van der Waals surface area (Å²) in [5, 5.41) is 2.89. The van der Waals surface area contributed by atoms with Gasteiger partial charge in [0.1, 0.15) is 5.82 Å². The molecule has 102 valence electrons. The van der Waals surface area contributed by atoms with Crippen molar-refractivity contribution in [3.8, 4) is 0 Å². The van der Waals surface area contributed by atoms with Crippen molar-refractivity contribution in [2.75, 3.05) is 5.32 Å². The quantitative estimate of drug-likeness (QED) is 0.852. The van der Waals surface area contributed by atoms with Crippen LogP contribution in [0.25, 0.3) is 0 Å². The number of hydrogen-bond acceptors (Lipinski definition) is 2. The summed E-state index contributed by atoms with van der Waals surface area (Å²) in [5.74, 6) is 0.262. The van der Waals surface area contributed by atoms with Gasteiger partial charge in [-0.15, -0.1) is 0 Å². The van der Waals surface area contributed by atoms with Crippen LogP contribution in [0.3, 0.4) is 0 Å². The normalized spacial score (nSPS) is 13.7. The van der Waals surface area contributed by atoms with Crippen molar-refractivity contribution in [3.05, 3.63) is 23.9 Å². The third kappa shape index (κ3) is 3.62. The molecule has 1 heterocycles. The number of alkyl halides is 3. The third-order valence-electron chi connectivity index (χ3n) is 3.23. The van der Waals surface area contributed by atoms with Crippen molar-refractivity contribution in [2.45, 2.75) is 45.8 Å². The van der Waals surface area contributed by atoms with Gasteiger partial charge in [0.15, 0.2) is 0 Å². The van der Waals surface area contributed by atoms with E-state index in [1.54, 1.807) is 0 Å². The SMILES string of the molecule is CCC(CC)C(C)Nc1ncccc1C(F)(F)F. The average Bonchev–Trinajstić information content (AvgIpc) is 2.30. The third-order valence-corrected chi connectivity index (χ3v) is 3.23. The van der Waals surface area contributed by atoms with Gasteiger partial charge in [0.25, 0.3) is 0 Å². The van der Waals surface area contributed by atoms with Gasteiger partial charge in [-0.25, -0.2) is 4.98 Å². The number of nitrogens with zero attached hydrogens (tertiary/aromatic N) is 1. The second-order valence-electron chi connectivity index (χ2n) is 4.41. The molecule has 0 bridgehead atoms. The van der Waals surface area contributed by atoms with Crippen molar-refractivity contribution in [1.82, 2.24) is 4.98 Å². The molecule has 18 heavy (non-hydrogen) atoms. The van der Waals surface area contributed by atoms with E-state index in [1.165, 1.54) is 12.3 Å². The fourth-order valence-corrected chi connectivity index (χ4v) is 2.08. The van der Waals surface area contributed by atoms with Crippen molar-refractivity contribution in [3.63, 3.8) is 0 Å². The minimum Gasteiger partial charge on any atom is -0.367 e. The Balaban J connectivity index is 2.91. The molecule has 5 heteroatoms. The number of halogens is 3. The molecule has 1 unspecified atom stereocenters. The Morgan fingerprint density at radius 3 is 2.39 bits per heavy atom. The molecule has 1 rings (SSSR count). The number of pyridine rings is 1. The lowest BCUT2D eigenvalue weighted by Crippen LogP contribution is -2.27. The lowest BCUT2D eigenvalue weighted by Gasteiger charge is -2.24. The zero-order chi connectivity index (χ0) is 13.8. The van der Waals surface area contributed by atoms with Crippen molar-refractivity contribution < 1.29 is 13.2 Å². The Labute approximate surface area is 106 Å². The summed E-state index contributed by atoms with van der Waals surface area (Å²) < 4.78 is 38.4. The Morgan fingerprint density at radius 1 is 1.28 bits per heavy atom. The molecule has 2 nitrogen and oxygen atoms in total. The zero-order valence-corrected chi connectivity index (χ0v) is 10.9. The van der Waals surface area contributed by atoms with E-state index in [4.69, 9.17) is 0 Å². The molecule has 1 N–H and O–H groups in total. The lowest BCUT2D eigenvalue weighted by atomic mass is 9.95. The lowest BCUT2D eigenvalue weighted by molar-refractivity contribution is -0.137. The number of nitrogens with one attached hydrogen (secondary N) is 1. The van der Waals surface area contributed by atoms with Gasteiger partial charge in [-0.05, 0) is 25.0 Å². The maximum atomic E-state index is 12.8. The first-order chi connectivity index (χ1) is 8.40. The summed E-state index contributed by atoms with van der Waals surface area (Å²) in [7, 11) is 0. The van der Waals surface area contributed by atoms with Crippen LogP contribution < -0.4 is 5.32 Å². The molecule has 0 radical (unpaired) electrons. The number of aromatic nitrogens is 1. The molecule has 1 aromatic heterocycles. The summed E-state index contributed by atoms with van der Waals surface area (Å²) in [4.78, 5) is 3.81. The molecule has 0 saturated carbocycles. The fourth-order valence-electron chi connectivity index (χ4n) is 2.08. The highest BCUT2D eigenvalue weighted by Gasteiger charge is 2.34. The van der Waals surface area contributed by atoms with Crippen LogP contribution in [0.15, 0.2) is 18.3 Å². The molecular formula is C13H19F3N2. The van der Waals surface area contributed by atoms with Crippen LogP contribution in [0.4, 0.5) is 19.0 Å². The predicted molar refractivity (Wildman–Crippen MR) is 66.4 cm³/mol. The minimum atomic E-state index is -4.37. The van der Waals surface area contributed by atoms with Gasteiger partial charge >= 0.3 is 6.18 Å². The van der Waals surface area contributed by atoms with Crippen molar-refractivity contribution >= 4 is 5.82 Å². The monoisotopic (exact) mass is 260 g/mol. The Hall–Kier alpha value is -1.26. The first kappa shape index (κ1) is 14.8. The Bertz CT molecular complexity index is 373. The van der Waals surface area contributed by atoms with Crippen LogP contribution in [-0.4, -0.2) is 11.0 Å². The maximum absolute atomic E-state index is 12.8. The summed E-state index contributed by atoms with van der Waals surface area (Å²) in [6.07, 6.45) is -1.14. The van der Waals surface area contributed by atoms with Gasteiger partial charge in [0, 0.05) is 12.2 Å². The van der Waals surface area contributed by atoms with Gasteiger partial charge in [0.05, 0.1) is 5.56 Å².